The van der Waals surface area contributed by atoms with Gasteiger partial charge in [0.15, 0.2) is 0 Å². The lowest BCUT2D eigenvalue weighted by Crippen LogP contribution is -2.23. The van der Waals surface area contributed by atoms with Gasteiger partial charge in [0.1, 0.15) is 17.3 Å². The summed E-state index contributed by atoms with van der Waals surface area (Å²) in [5.41, 5.74) is 2.20. The SMILES string of the molecule is COc1cc(OC)cc(C(=O)NCc2cncc(-c3ccco3)c2)c1. The topological polar surface area (TPSA) is 73.6 Å². The van der Waals surface area contributed by atoms with E-state index in [0.29, 0.717) is 23.6 Å². The second-order valence-corrected chi connectivity index (χ2v) is 5.34. The Balaban J connectivity index is 1.71. The Bertz CT molecular complexity index is 837. The molecule has 0 unspecified atom stereocenters. The monoisotopic (exact) mass is 338 g/mol. The van der Waals surface area contributed by atoms with Crippen molar-refractivity contribution in [2.75, 3.05) is 14.2 Å². The number of nitrogens with one attached hydrogen (secondary N) is 1. The van der Waals surface area contributed by atoms with Crippen molar-refractivity contribution in [2.24, 2.45) is 0 Å². The summed E-state index contributed by atoms with van der Waals surface area (Å²) in [5.74, 6) is 1.63. The summed E-state index contributed by atoms with van der Waals surface area (Å²) in [6.45, 7) is 0.347. The first kappa shape index (κ1) is 16.6. The van der Waals surface area contributed by atoms with E-state index >= 15 is 0 Å². The Kier molecular flexibility index (Phi) is 4.99. The largest absolute Gasteiger partial charge is 0.497 e. The molecule has 1 aromatic carbocycles. The lowest BCUT2D eigenvalue weighted by molar-refractivity contribution is 0.0950. The standard InChI is InChI=1S/C19H18N2O4/c1-23-16-7-14(8-17(9-16)24-2)19(22)21-11-13-6-15(12-20-10-13)18-4-3-5-25-18/h3-10,12H,11H2,1-2H3,(H,21,22). The molecule has 128 valence electrons. The number of rotatable bonds is 6. The van der Waals surface area contributed by atoms with Crippen LogP contribution < -0.4 is 14.8 Å². The highest BCUT2D eigenvalue weighted by Gasteiger charge is 2.10. The van der Waals surface area contributed by atoms with Gasteiger partial charge in [-0.15, -0.1) is 0 Å². The minimum atomic E-state index is -0.222. The predicted octanol–water partition coefficient (Wildman–Crippen LogP) is 3.29. The van der Waals surface area contributed by atoms with Crippen LogP contribution in [-0.4, -0.2) is 25.1 Å². The molecule has 25 heavy (non-hydrogen) atoms. The van der Waals surface area contributed by atoms with Crippen molar-refractivity contribution >= 4 is 5.91 Å². The van der Waals surface area contributed by atoms with Crippen LogP contribution >= 0.6 is 0 Å². The molecule has 0 atom stereocenters. The zero-order valence-corrected chi connectivity index (χ0v) is 14.0. The number of amides is 1. The van der Waals surface area contributed by atoms with E-state index in [1.54, 1.807) is 51.1 Å². The van der Waals surface area contributed by atoms with Crippen LogP contribution in [0.25, 0.3) is 11.3 Å². The number of aromatic nitrogens is 1. The van der Waals surface area contributed by atoms with Crippen LogP contribution in [0.5, 0.6) is 11.5 Å². The van der Waals surface area contributed by atoms with Crippen LogP contribution in [-0.2, 0) is 6.54 Å². The first-order chi connectivity index (χ1) is 12.2. The minimum absolute atomic E-state index is 0.222. The molecule has 0 aliphatic rings. The van der Waals surface area contributed by atoms with Crippen molar-refractivity contribution in [3.8, 4) is 22.8 Å². The number of ether oxygens (including phenoxy) is 2. The second kappa shape index (κ2) is 7.53. The van der Waals surface area contributed by atoms with Crippen LogP contribution in [0.3, 0.4) is 0 Å². The highest BCUT2D eigenvalue weighted by Crippen LogP contribution is 2.23. The Morgan fingerprint density at radius 1 is 1.12 bits per heavy atom. The summed E-state index contributed by atoms with van der Waals surface area (Å²) < 4.78 is 15.7. The number of nitrogens with zero attached hydrogens (tertiary/aromatic N) is 1. The van der Waals surface area contributed by atoms with Crippen molar-refractivity contribution in [1.29, 1.82) is 0 Å². The molecule has 2 heterocycles. The number of carbonyl (C=O) groups excluding carboxylic acids is 1. The van der Waals surface area contributed by atoms with E-state index in [4.69, 9.17) is 13.9 Å². The summed E-state index contributed by atoms with van der Waals surface area (Å²) in [5, 5.41) is 2.87. The Morgan fingerprint density at radius 2 is 1.88 bits per heavy atom. The number of hydrogen-bond acceptors (Lipinski definition) is 5. The molecular formula is C19H18N2O4. The second-order valence-electron chi connectivity index (χ2n) is 5.34. The molecule has 2 aromatic heterocycles. The van der Waals surface area contributed by atoms with E-state index < -0.39 is 0 Å². The summed E-state index contributed by atoms with van der Waals surface area (Å²) in [6.07, 6.45) is 5.04. The Morgan fingerprint density at radius 3 is 2.52 bits per heavy atom. The first-order valence-electron chi connectivity index (χ1n) is 7.68. The molecule has 0 fully saturated rings. The van der Waals surface area contributed by atoms with E-state index in [1.807, 2.05) is 18.2 Å². The average molecular weight is 338 g/mol. The maximum atomic E-state index is 12.4. The van der Waals surface area contributed by atoms with E-state index in [2.05, 4.69) is 10.3 Å². The van der Waals surface area contributed by atoms with Gasteiger partial charge in [-0.2, -0.15) is 0 Å². The number of benzene rings is 1. The van der Waals surface area contributed by atoms with Crippen LogP contribution in [0, 0.1) is 0 Å². The lowest BCUT2D eigenvalue weighted by Gasteiger charge is -2.09. The third-order valence-corrected chi connectivity index (χ3v) is 3.67. The van der Waals surface area contributed by atoms with E-state index in [9.17, 15) is 4.79 Å². The van der Waals surface area contributed by atoms with Crippen LogP contribution in [0.1, 0.15) is 15.9 Å². The van der Waals surface area contributed by atoms with Gasteiger partial charge in [-0.05, 0) is 35.9 Å². The van der Waals surface area contributed by atoms with Gasteiger partial charge in [-0.1, -0.05) is 0 Å². The molecule has 0 aliphatic heterocycles. The van der Waals surface area contributed by atoms with Crippen molar-refractivity contribution in [3.63, 3.8) is 0 Å². The smallest absolute Gasteiger partial charge is 0.251 e. The fourth-order valence-corrected chi connectivity index (χ4v) is 2.38. The highest BCUT2D eigenvalue weighted by atomic mass is 16.5. The highest BCUT2D eigenvalue weighted by molar-refractivity contribution is 5.95. The third kappa shape index (κ3) is 3.98. The van der Waals surface area contributed by atoms with Gasteiger partial charge < -0.3 is 19.2 Å². The molecule has 0 aliphatic carbocycles. The van der Waals surface area contributed by atoms with Crippen molar-refractivity contribution in [2.45, 2.75) is 6.54 Å². The molecule has 1 amide bonds. The fourth-order valence-electron chi connectivity index (χ4n) is 2.38. The number of hydrogen-bond donors (Lipinski definition) is 1. The molecule has 6 nitrogen and oxygen atoms in total. The lowest BCUT2D eigenvalue weighted by atomic mass is 10.1. The number of methoxy groups -OCH3 is 2. The molecule has 0 saturated heterocycles. The molecule has 0 radical (unpaired) electrons. The van der Waals surface area contributed by atoms with Crippen molar-refractivity contribution in [3.05, 3.63) is 66.2 Å². The molecule has 0 bridgehead atoms. The molecular weight excluding hydrogens is 320 g/mol. The predicted molar refractivity (Wildman–Crippen MR) is 92.7 cm³/mol. The van der Waals surface area contributed by atoms with Crippen LogP contribution in [0.15, 0.2) is 59.5 Å². The van der Waals surface area contributed by atoms with Crippen molar-refractivity contribution in [1.82, 2.24) is 10.3 Å². The van der Waals surface area contributed by atoms with E-state index in [-0.39, 0.29) is 5.91 Å². The van der Waals surface area contributed by atoms with Gasteiger partial charge in [0.05, 0.1) is 20.5 Å². The van der Waals surface area contributed by atoms with Gasteiger partial charge in [-0.25, -0.2) is 0 Å². The molecule has 1 N–H and O–H groups in total. The van der Waals surface area contributed by atoms with E-state index in [0.717, 1.165) is 16.9 Å². The Labute approximate surface area is 145 Å². The summed E-state index contributed by atoms with van der Waals surface area (Å²) >= 11 is 0. The summed E-state index contributed by atoms with van der Waals surface area (Å²) in [6, 6.07) is 10.7. The Hall–Kier alpha value is -3.28. The van der Waals surface area contributed by atoms with Gasteiger partial charge in [0.2, 0.25) is 0 Å². The van der Waals surface area contributed by atoms with Gasteiger partial charge in [0.25, 0.3) is 5.91 Å². The first-order valence-corrected chi connectivity index (χ1v) is 7.68. The number of carbonyl (C=O) groups is 1. The summed E-state index contributed by atoms with van der Waals surface area (Å²) in [7, 11) is 3.09. The zero-order valence-electron chi connectivity index (χ0n) is 14.0. The molecule has 3 aromatic rings. The maximum Gasteiger partial charge on any atom is 0.251 e. The molecule has 0 saturated carbocycles. The number of furan rings is 1. The van der Waals surface area contributed by atoms with Gasteiger partial charge >= 0.3 is 0 Å². The zero-order chi connectivity index (χ0) is 17.6. The molecule has 6 heteroatoms. The fraction of sp³-hybridized carbons (Fsp3) is 0.158. The van der Waals surface area contributed by atoms with Crippen LogP contribution in [0.4, 0.5) is 0 Å². The average Bonchev–Trinajstić information content (AvgIpc) is 3.20. The van der Waals surface area contributed by atoms with Gasteiger partial charge in [-0.3, -0.25) is 9.78 Å². The van der Waals surface area contributed by atoms with Gasteiger partial charge in [0, 0.05) is 36.1 Å². The molecule has 3 rings (SSSR count). The summed E-state index contributed by atoms with van der Waals surface area (Å²) in [4.78, 5) is 16.6. The number of pyridine rings is 1. The van der Waals surface area contributed by atoms with Crippen LogP contribution in [0.2, 0.25) is 0 Å². The molecule has 0 spiro atoms. The quantitative estimate of drug-likeness (QED) is 0.746. The van der Waals surface area contributed by atoms with Crippen molar-refractivity contribution < 1.29 is 18.7 Å². The normalized spacial score (nSPS) is 10.3. The van der Waals surface area contributed by atoms with E-state index in [1.165, 1.54) is 0 Å². The third-order valence-electron chi connectivity index (χ3n) is 3.67. The minimum Gasteiger partial charge on any atom is -0.497 e. The maximum absolute atomic E-state index is 12.4.